The van der Waals surface area contributed by atoms with E-state index in [0.717, 1.165) is 42.2 Å². The van der Waals surface area contributed by atoms with Gasteiger partial charge in [0.25, 0.3) is 0 Å². The van der Waals surface area contributed by atoms with Gasteiger partial charge in [0.15, 0.2) is 11.5 Å². The Morgan fingerprint density at radius 1 is 1.27 bits per heavy atom. The summed E-state index contributed by atoms with van der Waals surface area (Å²) >= 11 is 0. The molecule has 0 radical (unpaired) electrons. The zero-order chi connectivity index (χ0) is 18.1. The van der Waals surface area contributed by atoms with Crippen molar-refractivity contribution in [1.29, 1.82) is 0 Å². The molecule has 2 aliphatic rings. The average molecular weight is 354 g/mol. The zero-order valence-corrected chi connectivity index (χ0v) is 15.0. The van der Waals surface area contributed by atoms with Gasteiger partial charge >= 0.3 is 0 Å². The summed E-state index contributed by atoms with van der Waals surface area (Å²) in [5.41, 5.74) is 1.78. The second-order valence-corrected chi connectivity index (χ2v) is 6.81. The molecular weight excluding hydrogens is 332 g/mol. The fourth-order valence-corrected chi connectivity index (χ4v) is 3.45. The Morgan fingerprint density at radius 2 is 2.12 bits per heavy atom. The SMILES string of the molecule is CN(C)c1cncc(C2CCCN2C(=O)Cc2ccc3c(c2)OCO3)n1. The molecule has 0 aliphatic carbocycles. The number of likely N-dealkylation sites (tertiary alicyclic amines) is 1. The molecule has 3 heterocycles. The average Bonchev–Trinajstić information content (AvgIpc) is 3.30. The van der Waals surface area contributed by atoms with Gasteiger partial charge < -0.3 is 19.3 Å². The predicted octanol–water partition coefficient (Wildman–Crippen LogP) is 2.18. The lowest BCUT2D eigenvalue weighted by molar-refractivity contribution is -0.131. The van der Waals surface area contributed by atoms with E-state index in [0.29, 0.717) is 12.2 Å². The molecule has 1 atom stereocenters. The first-order valence-electron chi connectivity index (χ1n) is 8.79. The number of aromatic nitrogens is 2. The van der Waals surface area contributed by atoms with E-state index in [2.05, 4.69) is 9.97 Å². The Kier molecular flexibility index (Phi) is 4.36. The lowest BCUT2D eigenvalue weighted by Crippen LogP contribution is -2.32. The third kappa shape index (κ3) is 3.16. The summed E-state index contributed by atoms with van der Waals surface area (Å²) in [6.45, 7) is 0.990. The number of anilines is 1. The molecule has 0 saturated carbocycles. The number of hydrogen-bond acceptors (Lipinski definition) is 6. The van der Waals surface area contributed by atoms with Crippen molar-refractivity contribution in [3.05, 3.63) is 41.9 Å². The minimum absolute atomic E-state index is 0.0103. The van der Waals surface area contributed by atoms with E-state index in [1.165, 1.54) is 0 Å². The number of amides is 1. The van der Waals surface area contributed by atoms with Crippen LogP contribution in [0, 0.1) is 0 Å². The molecule has 4 rings (SSSR count). The maximum absolute atomic E-state index is 12.9. The van der Waals surface area contributed by atoms with Crippen LogP contribution in [-0.4, -0.2) is 48.2 Å². The molecule has 1 amide bonds. The van der Waals surface area contributed by atoms with Gasteiger partial charge in [-0.05, 0) is 30.5 Å². The summed E-state index contributed by atoms with van der Waals surface area (Å²) in [6.07, 6.45) is 5.73. The van der Waals surface area contributed by atoms with Gasteiger partial charge in [-0.25, -0.2) is 4.98 Å². The number of benzene rings is 1. The summed E-state index contributed by atoms with van der Waals surface area (Å²) in [6, 6.07) is 5.66. The first-order valence-corrected chi connectivity index (χ1v) is 8.79. The number of nitrogens with zero attached hydrogens (tertiary/aromatic N) is 4. The smallest absolute Gasteiger partial charge is 0.231 e. The van der Waals surface area contributed by atoms with Crippen molar-refractivity contribution in [2.75, 3.05) is 32.3 Å². The highest BCUT2D eigenvalue weighted by Gasteiger charge is 2.31. The van der Waals surface area contributed by atoms with Gasteiger partial charge in [-0.3, -0.25) is 9.78 Å². The Labute approximate surface area is 152 Å². The number of carbonyl (C=O) groups is 1. The van der Waals surface area contributed by atoms with Crippen LogP contribution in [0.2, 0.25) is 0 Å². The molecule has 7 nitrogen and oxygen atoms in total. The van der Waals surface area contributed by atoms with Gasteiger partial charge in [-0.15, -0.1) is 0 Å². The van der Waals surface area contributed by atoms with Crippen LogP contribution in [0.1, 0.15) is 30.1 Å². The molecule has 2 aliphatic heterocycles. The Bertz CT molecular complexity index is 824. The molecule has 1 fully saturated rings. The summed E-state index contributed by atoms with van der Waals surface area (Å²) in [5, 5.41) is 0. The van der Waals surface area contributed by atoms with Crippen molar-refractivity contribution in [3.63, 3.8) is 0 Å². The van der Waals surface area contributed by atoms with Crippen molar-refractivity contribution in [2.24, 2.45) is 0 Å². The maximum Gasteiger partial charge on any atom is 0.231 e. The minimum atomic E-state index is -0.0103. The highest BCUT2D eigenvalue weighted by molar-refractivity contribution is 5.79. The van der Waals surface area contributed by atoms with Crippen LogP contribution in [0.3, 0.4) is 0 Å². The molecule has 2 aromatic rings. The second kappa shape index (κ2) is 6.82. The zero-order valence-electron chi connectivity index (χ0n) is 15.0. The molecule has 0 N–H and O–H groups in total. The summed E-state index contributed by atoms with van der Waals surface area (Å²) in [5.74, 6) is 2.34. The molecule has 1 aromatic heterocycles. The third-order valence-corrected chi connectivity index (χ3v) is 4.81. The number of fused-ring (bicyclic) bond motifs is 1. The second-order valence-electron chi connectivity index (χ2n) is 6.81. The van der Waals surface area contributed by atoms with Crippen molar-refractivity contribution >= 4 is 11.7 Å². The Hall–Kier alpha value is -2.83. The van der Waals surface area contributed by atoms with Gasteiger partial charge in [0.2, 0.25) is 12.7 Å². The normalized spacial score (nSPS) is 18.2. The summed E-state index contributed by atoms with van der Waals surface area (Å²) in [4.78, 5) is 25.7. The largest absolute Gasteiger partial charge is 0.454 e. The van der Waals surface area contributed by atoms with Crippen molar-refractivity contribution in [3.8, 4) is 11.5 Å². The molecule has 0 bridgehead atoms. The lowest BCUT2D eigenvalue weighted by Gasteiger charge is -2.25. The van der Waals surface area contributed by atoms with Crippen LogP contribution in [0.5, 0.6) is 11.5 Å². The fourth-order valence-electron chi connectivity index (χ4n) is 3.45. The van der Waals surface area contributed by atoms with Crippen LogP contribution in [0.4, 0.5) is 5.82 Å². The lowest BCUT2D eigenvalue weighted by atomic mass is 10.1. The van der Waals surface area contributed by atoms with Crippen molar-refractivity contribution in [1.82, 2.24) is 14.9 Å². The van der Waals surface area contributed by atoms with E-state index in [1.807, 2.05) is 42.1 Å². The monoisotopic (exact) mass is 354 g/mol. The first kappa shape index (κ1) is 16.6. The van der Waals surface area contributed by atoms with E-state index in [4.69, 9.17) is 9.47 Å². The third-order valence-electron chi connectivity index (χ3n) is 4.81. The molecule has 1 unspecified atom stereocenters. The summed E-state index contributed by atoms with van der Waals surface area (Å²) in [7, 11) is 3.87. The maximum atomic E-state index is 12.9. The highest BCUT2D eigenvalue weighted by atomic mass is 16.7. The van der Waals surface area contributed by atoms with E-state index in [1.54, 1.807) is 12.4 Å². The molecule has 7 heteroatoms. The van der Waals surface area contributed by atoms with Crippen LogP contribution in [0.25, 0.3) is 0 Å². The molecule has 26 heavy (non-hydrogen) atoms. The number of hydrogen-bond donors (Lipinski definition) is 0. The van der Waals surface area contributed by atoms with Crippen LogP contribution in [-0.2, 0) is 11.2 Å². The van der Waals surface area contributed by atoms with Crippen molar-refractivity contribution in [2.45, 2.75) is 25.3 Å². The molecule has 1 aromatic carbocycles. The molecule has 136 valence electrons. The topological polar surface area (TPSA) is 67.8 Å². The van der Waals surface area contributed by atoms with Gasteiger partial charge in [0.05, 0.1) is 30.6 Å². The molecular formula is C19H22N4O3. The minimum Gasteiger partial charge on any atom is -0.454 e. The van der Waals surface area contributed by atoms with Gasteiger partial charge in [-0.1, -0.05) is 6.07 Å². The predicted molar refractivity (Wildman–Crippen MR) is 96.3 cm³/mol. The van der Waals surface area contributed by atoms with Crippen molar-refractivity contribution < 1.29 is 14.3 Å². The fraction of sp³-hybridized carbons (Fsp3) is 0.421. The van der Waals surface area contributed by atoms with Crippen LogP contribution in [0.15, 0.2) is 30.6 Å². The number of rotatable bonds is 4. The van der Waals surface area contributed by atoms with Crippen LogP contribution < -0.4 is 14.4 Å². The van der Waals surface area contributed by atoms with Crippen LogP contribution >= 0.6 is 0 Å². The Morgan fingerprint density at radius 3 is 2.96 bits per heavy atom. The highest BCUT2D eigenvalue weighted by Crippen LogP contribution is 2.34. The first-order chi connectivity index (χ1) is 12.6. The van der Waals surface area contributed by atoms with E-state index < -0.39 is 0 Å². The molecule has 1 saturated heterocycles. The van der Waals surface area contributed by atoms with Gasteiger partial charge in [0, 0.05) is 20.6 Å². The van der Waals surface area contributed by atoms with Gasteiger partial charge in [-0.2, -0.15) is 0 Å². The Balaban J connectivity index is 1.51. The van der Waals surface area contributed by atoms with E-state index in [-0.39, 0.29) is 18.7 Å². The number of carbonyl (C=O) groups excluding carboxylic acids is 1. The van der Waals surface area contributed by atoms with E-state index >= 15 is 0 Å². The molecule has 0 spiro atoms. The quantitative estimate of drug-likeness (QED) is 0.838. The number of ether oxygens (including phenoxy) is 2. The van der Waals surface area contributed by atoms with E-state index in [9.17, 15) is 4.79 Å². The van der Waals surface area contributed by atoms with Gasteiger partial charge in [0.1, 0.15) is 5.82 Å². The standard InChI is InChI=1S/C19H22N4O3/c1-22(2)18-11-20-10-14(21-18)15-4-3-7-23(15)19(24)9-13-5-6-16-17(8-13)26-12-25-16/h5-6,8,10-11,15H,3-4,7,9,12H2,1-2H3. The summed E-state index contributed by atoms with van der Waals surface area (Å²) < 4.78 is 10.7.